The van der Waals surface area contributed by atoms with E-state index in [1.54, 1.807) is 5.59 Å². The Bertz CT molecular complexity index is 187. The van der Waals surface area contributed by atoms with Gasteiger partial charge in [0.25, 0.3) is 0 Å². The Labute approximate surface area is 84.0 Å². The van der Waals surface area contributed by atoms with E-state index in [9.17, 15) is 5.21 Å². The highest BCUT2D eigenvalue weighted by Crippen LogP contribution is 2.36. The lowest BCUT2D eigenvalue weighted by Gasteiger charge is -2.43. The second kappa shape index (κ2) is 4.55. The fourth-order valence-corrected chi connectivity index (χ4v) is 2.91. The van der Waals surface area contributed by atoms with Gasteiger partial charge in [-0.25, -0.2) is 0 Å². The Morgan fingerprint density at radius 3 is 2.79 bits per heavy atom. The van der Waals surface area contributed by atoms with Crippen LogP contribution in [0.3, 0.4) is 0 Å². The van der Waals surface area contributed by atoms with Gasteiger partial charge in [0.2, 0.25) is 0 Å². The molecule has 5 heteroatoms. The van der Waals surface area contributed by atoms with Gasteiger partial charge in [0.1, 0.15) is 6.17 Å². The lowest BCUT2D eigenvalue weighted by molar-refractivity contribution is -0.266. The topological polar surface area (TPSA) is 67.8 Å². The summed E-state index contributed by atoms with van der Waals surface area (Å²) >= 11 is 0. The predicted octanol–water partition coefficient (Wildman–Crippen LogP) is 0.697. The minimum Gasteiger partial charge on any atom is -0.300 e. The molecule has 0 aromatic carbocycles. The highest BCUT2D eigenvalue weighted by molar-refractivity contribution is 4.86. The summed E-state index contributed by atoms with van der Waals surface area (Å²) in [5.74, 6) is 1.17. The molecule has 0 radical (unpaired) electrons. The molecule has 0 amide bonds. The first-order valence-corrected chi connectivity index (χ1v) is 5.44. The quantitative estimate of drug-likeness (QED) is 0.495. The summed E-state index contributed by atoms with van der Waals surface area (Å²) in [6, 6.07) is 0. The molecule has 3 unspecified atom stereocenters. The number of hydroxylamine groups is 1. The monoisotopic (exact) mass is 201 g/mol. The standard InChI is InChI=1S/C9H19N3O2/c13-11-12(14)9-8-4-2-1-3-7(8)5-6-10-9/h7-11,13-14H,1-6H2. The third-order valence-corrected chi connectivity index (χ3v) is 3.61. The van der Waals surface area contributed by atoms with Gasteiger partial charge in [-0.1, -0.05) is 24.4 Å². The van der Waals surface area contributed by atoms with Crippen molar-refractivity contribution in [2.45, 2.75) is 38.3 Å². The normalized spacial score (nSPS) is 38.4. The van der Waals surface area contributed by atoms with E-state index in [0.717, 1.165) is 18.1 Å². The first kappa shape index (κ1) is 10.3. The maximum absolute atomic E-state index is 9.43. The lowest BCUT2D eigenvalue weighted by atomic mass is 9.74. The van der Waals surface area contributed by atoms with Crippen molar-refractivity contribution in [1.82, 2.24) is 16.1 Å². The van der Waals surface area contributed by atoms with Crippen LogP contribution in [-0.4, -0.2) is 28.3 Å². The van der Waals surface area contributed by atoms with Crippen LogP contribution in [-0.2, 0) is 0 Å². The molecule has 0 aromatic rings. The number of rotatable bonds is 2. The van der Waals surface area contributed by atoms with Crippen LogP contribution in [0.4, 0.5) is 0 Å². The van der Waals surface area contributed by atoms with Gasteiger partial charge in [0, 0.05) is 0 Å². The largest absolute Gasteiger partial charge is 0.300 e. The number of fused-ring (bicyclic) bond motifs is 1. The smallest absolute Gasteiger partial charge is 0.106 e. The van der Waals surface area contributed by atoms with Crippen LogP contribution in [0.1, 0.15) is 32.1 Å². The molecule has 1 saturated heterocycles. The van der Waals surface area contributed by atoms with Crippen LogP contribution >= 0.6 is 0 Å². The number of nitrogens with one attached hydrogen (secondary N) is 2. The van der Waals surface area contributed by atoms with Gasteiger partial charge in [-0.2, -0.15) is 0 Å². The van der Waals surface area contributed by atoms with Crippen LogP contribution in [0, 0.1) is 11.8 Å². The second-order valence-electron chi connectivity index (χ2n) is 4.34. The molecule has 1 aliphatic carbocycles. The van der Waals surface area contributed by atoms with Crippen LogP contribution in [0.5, 0.6) is 0 Å². The second-order valence-corrected chi connectivity index (χ2v) is 4.34. The van der Waals surface area contributed by atoms with Crippen LogP contribution in [0.2, 0.25) is 0 Å². The van der Waals surface area contributed by atoms with Crippen molar-refractivity contribution in [3.63, 3.8) is 0 Å². The Balaban J connectivity index is 2.01. The van der Waals surface area contributed by atoms with Gasteiger partial charge in [0.15, 0.2) is 0 Å². The van der Waals surface area contributed by atoms with Crippen molar-refractivity contribution in [1.29, 1.82) is 0 Å². The van der Waals surface area contributed by atoms with Gasteiger partial charge in [-0.3, -0.25) is 15.7 Å². The molecule has 5 nitrogen and oxygen atoms in total. The molecule has 1 heterocycles. The summed E-state index contributed by atoms with van der Waals surface area (Å²) in [4.78, 5) is 0. The van der Waals surface area contributed by atoms with E-state index >= 15 is 0 Å². The van der Waals surface area contributed by atoms with Crippen LogP contribution < -0.4 is 10.9 Å². The van der Waals surface area contributed by atoms with E-state index in [2.05, 4.69) is 5.32 Å². The van der Waals surface area contributed by atoms with Crippen molar-refractivity contribution < 1.29 is 10.4 Å². The van der Waals surface area contributed by atoms with Gasteiger partial charge in [-0.05, 0) is 31.2 Å². The summed E-state index contributed by atoms with van der Waals surface area (Å²) in [6.07, 6.45) is 6.01. The maximum atomic E-state index is 9.43. The zero-order chi connectivity index (χ0) is 9.97. The summed E-state index contributed by atoms with van der Waals surface area (Å²) < 4.78 is 0. The molecule has 0 spiro atoms. The molecule has 82 valence electrons. The number of hydrogen-bond donors (Lipinski definition) is 4. The Morgan fingerprint density at radius 2 is 2.00 bits per heavy atom. The van der Waals surface area contributed by atoms with Crippen molar-refractivity contribution in [2.75, 3.05) is 6.54 Å². The first-order valence-electron chi connectivity index (χ1n) is 5.44. The Morgan fingerprint density at radius 1 is 1.21 bits per heavy atom. The highest BCUT2D eigenvalue weighted by Gasteiger charge is 2.37. The number of piperidine rings is 1. The van der Waals surface area contributed by atoms with Crippen LogP contribution in [0.25, 0.3) is 0 Å². The molecule has 3 atom stereocenters. The molecule has 0 aromatic heterocycles. The average molecular weight is 201 g/mol. The third kappa shape index (κ3) is 1.92. The molecule has 14 heavy (non-hydrogen) atoms. The highest BCUT2D eigenvalue weighted by atomic mass is 16.7. The van der Waals surface area contributed by atoms with Crippen molar-refractivity contribution in [2.24, 2.45) is 11.8 Å². The van der Waals surface area contributed by atoms with Gasteiger partial charge < -0.3 is 0 Å². The van der Waals surface area contributed by atoms with E-state index in [1.165, 1.54) is 25.7 Å². The summed E-state index contributed by atoms with van der Waals surface area (Å²) in [7, 11) is 0. The zero-order valence-corrected chi connectivity index (χ0v) is 8.32. The number of hydrazine groups is 1. The van der Waals surface area contributed by atoms with E-state index in [0.29, 0.717) is 11.8 Å². The average Bonchev–Trinajstić information content (AvgIpc) is 2.27. The molecule has 1 saturated carbocycles. The fourth-order valence-electron chi connectivity index (χ4n) is 2.91. The SMILES string of the molecule is ONN(O)C1NCCC2CCCCC21. The minimum atomic E-state index is -0.140. The Kier molecular flexibility index (Phi) is 3.35. The van der Waals surface area contributed by atoms with Crippen molar-refractivity contribution in [3.05, 3.63) is 0 Å². The third-order valence-electron chi connectivity index (χ3n) is 3.61. The molecule has 0 bridgehead atoms. The molecule has 2 aliphatic rings. The van der Waals surface area contributed by atoms with Crippen molar-refractivity contribution >= 4 is 0 Å². The first-order chi connectivity index (χ1) is 6.83. The minimum absolute atomic E-state index is 0.140. The van der Waals surface area contributed by atoms with E-state index in [1.807, 2.05) is 0 Å². The molecule has 2 rings (SSSR count). The molecular weight excluding hydrogens is 182 g/mol. The lowest BCUT2D eigenvalue weighted by Crippen LogP contribution is -2.58. The molecule has 1 aliphatic heterocycles. The van der Waals surface area contributed by atoms with Gasteiger partial charge in [0.05, 0.1) is 0 Å². The predicted molar refractivity (Wildman–Crippen MR) is 50.4 cm³/mol. The van der Waals surface area contributed by atoms with Gasteiger partial charge in [-0.15, -0.1) is 5.59 Å². The zero-order valence-electron chi connectivity index (χ0n) is 8.32. The van der Waals surface area contributed by atoms with Gasteiger partial charge >= 0.3 is 0 Å². The van der Waals surface area contributed by atoms with Crippen molar-refractivity contribution in [3.8, 4) is 0 Å². The Hall–Kier alpha value is -0.200. The molecule has 4 N–H and O–H groups in total. The maximum Gasteiger partial charge on any atom is 0.106 e. The number of hydrogen-bond acceptors (Lipinski definition) is 5. The van der Waals surface area contributed by atoms with E-state index in [-0.39, 0.29) is 6.17 Å². The fraction of sp³-hybridized carbons (Fsp3) is 1.00. The summed E-state index contributed by atoms with van der Waals surface area (Å²) in [6.45, 7) is 0.921. The summed E-state index contributed by atoms with van der Waals surface area (Å²) in [5, 5.41) is 22.1. The van der Waals surface area contributed by atoms with Crippen LogP contribution in [0.15, 0.2) is 0 Å². The molecular formula is C9H19N3O2. The summed E-state index contributed by atoms with van der Waals surface area (Å²) in [5.41, 5.74) is 1.79. The molecule has 2 fully saturated rings. The van der Waals surface area contributed by atoms with E-state index < -0.39 is 0 Å². The van der Waals surface area contributed by atoms with E-state index in [4.69, 9.17) is 5.21 Å². The number of nitrogens with zero attached hydrogens (tertiary/aromatic N) is 1.